The number of amides is 2. The van der Waals surface area contributed by atoms with Crippen LogP contribution in [0.4, 0.5) is 15.8 Å². The summed E-state index contributed by atoms with van der Waals surface area (Å²) in [6.07, 6.45) is 0.776. The van der Waals surface area contributed by atoms with Gasteiger partial charge in [-0.15, -0.1) is 0 Å². The maximum atomic E-state index is 13.7. The van der Waals surface area contributed by atoms with Crippen LogP contribution in [0.25, 0.3) is 0 Å². The molecule has 0 aromatic heterocycles. The monoisotopic (exact) mass is 339 g/mol. The molecule has 1 aliphatic rings. The summed E-state index contributed by atoms with van der Waals surface area (Å²) in [5.74, 6) is -4.76. The van der Waals surface area contributed by atoms with Crippen molar-refractivity contribution in [1.29, 1.82) is 0 Å². The Bertz CT molecular complexity index is 790. The molecular formula is C13H10FN3O7. The first kappa shape index (κ1) is 17.0. The Morgan fingerprint density at radius 3 is 2.58 bits per heavy atom. The van der Waals surface area contributed by atoms with Crippen molar-refractivity contribution >= 4 is 29.2 Å². The van der Waals surface area contributed by atoms with Gasteiger partial charge in [-0.05, 0) is 6.07 Å². The molecule has 24 heavy (non-hydrogen) atoms. The van der Waals surface area contributed by atoms with Crippen molar-refractivity contribution < 1.29 is 33.9 Å². The number of aliphatic hydroxyl groups is 1. The Labute approximate surface area is 132 Å². The lowest BCUT2D eigenvalue weighted by Crippen LogP contribution is -2.34. The van der Waals surface area contributed by atoms with Gasteiger partial charge >= 0.3 is 5.97 Å². The molecule has 0 fully saturated rings. The average molecular weight is 339 g/mol. The van der Waals surface area contributed by atoms with Crippen molar-refractivity contribution in [3.8, 4) is 0 Å². The van der Waals surface area contributed by atoms with Crippen molar-refractivity contribution in [2.24, 2.45) is 0 Å². The third-order valence-electron chi connectivity index (χ3n) is 3.14. The number of imide groups is 1. The van der Waals surface area contributed by atoms with E-state index in [1.54, 1.807) is 0 Å². The molecule has 0 spiro atoms. The highest BCUT2D eigenvalue weighted by Crippen LogP contribution is 2.32. The van der Waals surface area contributed by atoms with Crippen LogP contribution in [0.5, 0.6) is 0 Å². The minimum absolute atomic E-state index is 0.309. The molecule has 126 valence electrons. The smallest absolute Gasteiger partial charge is 0.341 e. The van der Waals surface area contributed by atoms with Gasteiger partial charge < -0.3 is 15.5 Å². The number of benzene rings is 1. The molecule has 10 nitrogen and oxygen atoms in total. The zero-order chi connectivity index (χ0) is 18.0. The molecule has 0 atom stereocenters. The number of nitro benzene ring substituents is 1. The second kappa shape index (κ2) is 6.42. The summed E-state index contributed by atoms with van der Waals surface area (Å²) in [5.41, 5.74) is -3.04. The number of β-amino-alcohol motifs (C(OH)–C–C–N with tert-alkyl or cyclic N) is 1. The van der Waals surface area contributed by atoms with Crippen LogP contribution in [0, 0.1) is 15.9 Å². The second-order valence-electron chi connectivity index (χ2n) is 4.58. The van der Waals surface area contributed by atoms with Gasteiger partial charge in [-0.25, -0.2) is 9.18 Å². The molecule has 0 saturated carbocycles. The van der Waals surface area contributed by atoms with Gasteiger partial charge in [0, 0.05) is 12.1 Å². The molecule has 0 bridgehead atoms. The number of carbonyl (C=O) groups is 3. The topological polar surface area (TPSA) is 150 Å². The van der Waals surface area contributed by atoms with Crippen molar-refractivity contribution in [2.45, 2.75) is 0 Å². The van der Waals surface area contributed by atoms with Crippen molar-refractivity contribution in [3.63, 3.8) is 0 Å². The molecule has 1 aromatic carbocycles. The van der Waals surface area contributed by atoms with Crippen LogP contribution in [0.1, 0.15) is 10.4 Å². The molecule has 2 rings (SSSR count). The van der Waals surface area contributed by atoms with Crippen LogP contribution >= 0.6 is 0 Å². The third kappa shape index (κ3) is 2.92. The predicted octanol–water partition coefficient (Wildman–Crippen LogP) is 0.0890. The zero-order valence-corrected chi connectivity index (χ0v) is 11.9. The Morgan fingerprint density at radius 2 is 2.04 bits per heavy atom. The normalized spacial score (nSPS) is 13.9. The van der Waals surface area contributed by atoms with E-state index in [1.807, 2.05) is 0 Å². The lowest BCUT2D eigenvalue weighted by Gasteiger charge is -2.14. The highest BCUT2D eigenvalue weighted by molar-refractivity contribution is 6.18. The summed E-state index contributed by atoms with van der Waals surface area (Å²) >= 11 is 0. The second-order valence-corrected chi connectivity index (χ2v) is 4.58. The van der Waals surface area contributed by atoms with Crippen molar-refractivity contribution in [2.75, 3.05) is 18.5 Å². The molecule has 1 heterocycles. The van der Waals surface area contributed by atoms with Gasteiger partial charge in [0.2, 0.25) is 0 Å². The molecule has 0 saturated heterocycles. The quantitative estimate of drug-likeness (QED) is 0.375. The Hall–Kier alpha value is -3.34. The number of nitrogens with one attached hydrogen (secondary N) is 1. The Balaban J connectivity index is 2.50. The number of carbonyl (C=O) groups excluding carboxylic acids is 2. The van der Waals surface area contributed by atoms with Gasteiger partial charge in [-0.1, -0.05) is 0 Å². The molecular weight excluding hydrogens is 329 g/mol. The van der Waals surface area contributed by atoms with E-state index in [1.165, 1.54) is 0 Å². The standard InChI is InChI=1S/C13H10FN3O7/c14-6-1-2-8(17(23)24)11(10(6)13(21)22)15-7-5-9(19)16(3-4-18)12(7)20/h1-2,5,15,18H,3-4H2,(H,21,22). The van der Waals surface area contributed by atoms with Gasteiger partial charge in [0.25, 0.3) is 17.5 Å². The summed E-state index contributed by atoms with van der Waals surface area (Å²) in [6, 6.07) is 1.35. The summed E-state index contributed by atoms with van der Waals surface area (Å²) in [7, 11) is 0. The minimum Gasteiger partial charge on any atom is -0.478 e. The maximum Gasteiger partial charge on any atom is 0.341 e. The van der Waals surface area contributed by atoms with Gasteiger partial charge in [-0.3, -0.25) is 24.6 Å². The minimum atomic E-state index is -1.79. The molecule has 0 aliphatic carbocycles. The number of hydrogen-bond acceptors (Lipinski definition) is 7. The van der Waals surface area contributed by atoms with Crippen LogP contribution in [0.15, 0.2) is 23.9 Å². The van der Waals surface area contributed by atoms with Crippen LogP contribution in [-0.2, 0) is 9.59 Å². The molecule has 0 unspecified atom stereocenters. The number of aromatic carboxylic acids is 1. The van der Waals surface area contributed by atoms with Gasteiger partial charge in [-0.2, -0.15) is 0 Å². The van der Waals surface area contributed by atoms with E-state index < -0.39 is 57.8 Å². The Kier molecular flexibility index (Phi) is 4.55. The summed E-state index contributed by atoms with van der Waals surface area (Å²) in [6.45, 7) is -0.810. The van der Waals surface area contributed by atoms with Crippen LogP contribution < -0.4 is 5.32 Å². The fourth-order valence-corrected chi connectivity index (χ4v) is 2.10. The SMILES string of the molecule is O=C(O)c1c(F)ccc([N+](=O)[O-])c1NC1=CC(=O)N(CCO)C1=O. The highest BCUT2D eigenvalue weighted by Gasteiger charge is 2.34. The fraction of sp³-hybridized carbons (Fsp3) is 0.154. The molecule has 11 heteroatoms. The summed E-state index contributed by atoms with van der Waals surface area (Å²) in [5, 5.41) is 31.1. The van der Waals surface area contributed by atoms with E-state index in [9.17, 15) is 28.9 Å². The Morgan fingerprint density at radius 1 is 1.38 bits per heavy atom. The number of halogens is 1. The van der Waals surface area contributed by atoms with Gasteiger partial charge in [0.1, 0.15) is 22.8 Å². The van der Waals surface area contributed by atoms with Crippen molar-refractivity contribution in [3.05, 3.63) is 45.4 Å². The van der Waals surface area contributed by atoms with Crippen LogP contribution in [0.2, 0.25) is 0 Å². The number of hydrogen-bond donors (Lipinski definition) is 3. The van der Waals surface area contributed by atoms with E-state index in [4.69, 9.17) is 10.2 Å². The van der Waals surface area contributed by atoms with E-state index in [-0.39, 0.29) is 6.54 Å². The molecule has 1 aliphatic heterocycles. The largest absolute Gasteiger partial charge is 0.478 e. The highest BCUT2D eigenvalue weighted by atomic mass is 19.1. The molecule has 1 aromatic rings. The molecule has 2 amide bonds. The summed E-state index contributed by atoms with van der Waals surface area (Å²) in [4.78, 5) is 45.5. The number of nitrogens with zero attached hydrogens (tertiary/aromatic N) is 2. The van der Waals surface area contributed by atoms with Crippen LogP contribution in [0.3, 0.4) is 0 Å². The fourth-order valence-electron chi connectivity index (χ4n) is 2.10. The number of carboxylic acid groups (broad SMARTS) is 1. The number of aliphatic hydroxyl groups excluding tert-OH is 1. The molecule has 0 radical (unpaired) electrons. The van der Waals surface area contributed by atoms with Gasteiger partial charge in [0.15, 0.2) is 0 Å². The lowest BCUT2D eigenvalue weighted by atomic mass is 10.1. The van der Waals surface area contributed by atoms with Crippen molar-refractivity contribution in [1.82, 2.24) is 4.90 Å². The number of rotatable bonds is 6. The first-order valence-electron chi connectivity index (χ1n) is 6.43. The van der Waals surface area contributed by atoms with E-state index in [0.29, 0.717) is 11.0 Å². The predicted molar refractivity (Wildman–Crippen MR) is 75.5 cm³/mol. The maximum absolute atomic E-state index is 13.7. The number of anilines is 1. The van der Waals surface area contributed by atoms with Crippen LogP contribution in [-0.4, -0.2) is 51.0 Å². The van der Waals surface area contributed by atoms with E-state index in [0.717, 1.165) is 12.1 Å². The zero-order valence-electron chi connectivity index (χ0n) is 11.9. The molecule has 3 N–H and O–H groups in total. The van der Waals surface area contributed by atoms with Gasteiger partial charge in [0.05, 0.1) is 18.1 Å². The average Bonchev–Trinajstić information content (AvgIpc) is 2.74. The first-order chi connectivity index (χ1) is 11.3. The lowest BCUT2D eigenvalue weighted by molar-refractivity contribution is -0.384. The summed E-state index contributed by atoms with van der Waals surface area (Å²) < 4.78 is 13.7. The number of nitro groups is 1. The van der Waals surface area contributed by atoms with E-state index >= 15 is 0 Å². The first-order valence-corrected chi connectivity index (χ1v) is 6.43. The third-order valence-corrected chi connectivity index (χ3v) is 3.14. The number of carboxylic acids is 1. The van der Waals surface area contributed by atoms with E-state index in [2.05, 4.69) is 5.32 Å².